The van der Waals surface area contributed by atoms with Crippen LogP contribution < -0.4 is 5.32 Å². The summed E-state index contributed by atoms with van der Waals surface area (Å²) >= 11 is 0. The fourth-order valence-corrected chi connectivity index (χ4v) is 3.20. The molecule has 0 unspecified atom stereocenters. The van der Waals surface area contributed by atoms with Crippen molar-refractivity contribution in [3.63, 3.8) is 0 Å². The number of aryl methyl sites for hydroxylation is 1. The zero-order valence-electron chi connectivity index (χ0n) is 13.4. The van der Waals surface area contributed by atoms with Crippen LogP contribution in [-0.2, 0) is 19.0 Å². The summed E-state index contributed by atoms with van der Waals surface area (Å²) in [7, 11) is 0. The summed E-state index contributed by atoms with van der Waals surface area (Å²) in [4.78, 5) is 12.2. The molecule has 0 radical (unpaired) electrons. The highest BCUT2D eigenvalue weighted by Gasteiger charge is 2.36. The molecule has 1 amide bonds. The second-order valence-electron chi connectivity index (χ2n) is 6.40. The Balaban J connectivity index is 1.71. The summed E-state index contributed by atoms with van der Waals surface area (Å²) in [6, 6.07) is 12.4. The average molecular weight is 349 g/mol. The van der Waals surface area contributed by atoms with Gasteiger partial charge < -0.3 is 10.4 Å². The first-order valence-corrected chi connectivity index (χ1v) is 8.02. The van der Waals surface area contributed by atoms with Crippen LogP contribution in [0.15, 0.2) is 48.5 Å². The molecule has 25 heavy (non-hydrogen) atoms. The topological polar surface area (TPSA) is 49.3 Å². The van der Waals surface area contributed by atoms with Crippen LogP contribution in [0.1, 0.15) is 33.5 Å². The van der Waals surface area contributed by atoms with Crippen molar-refractivity contribution >= 4 is 5.91 Å². The van der Waals surface area contributed by atoms with Gasteiger partial charge in [-0.15, -0.1) is 0 Å². The molecule has 0 aromatic heterocycles. The van der Waals surface area contributed by atoms with Gasteiger partial charge in [0.05, 0.1) is 16.7 Å². The molecular formula is C19H18F3NO2. The van der Waals surface area contributed by atoms with Crippen molar-refractivity contribution in [1.29, 1.82) is 0 Å². The molecule has 0 aliphatic heterocycles. The number of hydrogen-bond acceptors (Lipinski definition) is 2. The van der Waals surface area contributed by atoms with Gasteiger partial charge in [0.25, 0.3) is 5.91 Å². The van der Waals surface area contributed by atoms with Gasteiger partial charge in [-0.05, 0) is 36.1 Å². The van der Waals surface area contributed by atoms with E-state index in [-0.39, 0.29) is 6.54 Å². The van der Waals surface area contributed by atoms with Crippen LogP contribution in [0.4, 0.5) is 13.2 Å². The fraction of sp³-hybridized carbons (Fsp3) is 0.316. The van der Waals surface area contributed by atoms with E-state index in [1.165, 1.54) is 12.1 Å². The lowest BCUT2D eigenvalue weighted by atomic mass is 9.80. The largest absolute Gasteiger partial charge is 0.417 e. The molecule has 1 atom stereocenters. The quantitative estimate of drug-likeness (QED) is 0.893. The van der Waals surface area contributed by atoms with Gasteiger partial charge >= 0.3 is 6.18 Å². The lowest BCUT2D eigenvalue weighted by Gasteiger charge is -2.33. The van der Waals surface area contributed by atoms with E-state index in [2.05, 4.69) is 5.32 Å². The third-order valence-electron chi connectivity index (χ3n) is 4.55. The van der Waals surface area contributed by atoms with Gasteiger partial charge in [-0.1, -0.05) is 36.4 Å². The highest BCUT2D eigenvalue weighted by Crippen LogP contribution is 2.32. The Bertz CT molecular complexity index is 788. The molecule has 0 saturated heterocycles. The van der Waals surface area contributed by atoms with Crippen molar-refractivity contribution in [1.82, 2.24) is 5.32 Å². The minimum absolute atomic E-state index is 0.0909. The van der Waals surface area contributed by atoms with Crippen molar-refractivity contribution in [3.05, 3.63) is 70.8 Å². The number of nitrogens with one attached hydrogen (secondary N) is 1. The maximum atomic E-state index is 13.0. The first kappa shape index (κ1) is 17.5. The summed E-state index contributed by atoms with van der Waals surface area (Å²) in [6.07, 6.45) is -3.12. The van der Waals surface area contributed by atoms with E-state index < -0.39 is 28.8 Å². The number of hydrogen-bond donors (Lipinski definition) is 2. The Hall–Kier alpha value is -2.34. The highest BCUT2D eigenvalue weighted by molar-refractivity contribution is 5.95. The van der Waals surface area contributed by atoms with E-state index in [1.54, 1.807) is 0 Å². The van der Waals surface area contributed by atoms with Crippen LogP contribution in [0.5, 0.6) is 0 Å². The molecular weight excluding hydrogens is 331 g/mol. The normalized spacial score (nSPS) is 20.0. The number of aliphatic hydroxyl groups is 1. The molecule has 2 aromatic carbocycles. The van der Waals surface area contributed by atoms with Crippen LogP contribution in [0.2, 0.25) is 0 Å². The highest BCUT2D eigenvalue weighted by atomic mass is 19.4. The molecule has 0 bridgehead atoms. The molecule has 3 rings (SSSR count). The number of rotatable bonds is 3. The van der Waals surface area contributed by atoms with E-state index in [9.17, 15) is 23.1 Å². The van der Waals surface area contributed by atoms with Crippen LogP contribution in [0.3, 0.4) is 0 Å². The number of alkyl halides is 3. The Morgan fingerprint density at radius 1 is 1.08 bits per heavy atom. The Labute approximate surface area is 143 Å². The maximum Gasteiger partial charge on any atom is 0.417 e. The molecule has 0 fully saturated rings. The van der Waals surface area contributed by atoms with Gasteiger partial charge in [-0.25, -0.2) is 0 Å². The van der Waals surface area contributed by atoms with Gasteiger partial charge in [0.1, 0.15) is 0 Å². The number of amides is 1. The van der Waals surface area contributed by atoms with E-state index >= 15 is 0 Å². The summed E-state index contributed by atoms with van der Waals surface area (Å²) in [6.45, 7) is -0.0909. The molecule has 0 saturated carbocycles. The molecule has 132 valence electrons. The fourth-order valence-electron chi connectivity index (χ4n) is 3.20. The molecule has 0 heterocycles. The smallest absolute Gasteiger partial charge is 0.388 e. The summed E-state index contributed by atoms with van der Waals surface area (Å²) < 4.78 is 39.0. The molecule has 2 N–H and O–H groups in total. The third kappa shape index (κ3) is 3.85. The zero-order chi connectivity index (χ0) is 18.1. The van der Waals surface area contributed by atoms with E-state index in [1.807, 2.05) is 24.3 Å². The second kappa shape index (κ2) is 6.52. The summed E-state index contributed by atoms with van der Waals surface area (Å²) in [5.74, 6) is -0.833. The monoisotopic (exact) mass is 349 g/mol. The van der Waals surface area contributed by atoms with Crippen molar-refractivity contribution < 1.29 is 23.1 Å². The van der Waals surface area contributed by atoms with Crippen molar-refractivity contribution in [2.24, 2.45) is 0 Å². The Morgan fingerprint density at radius 3 is 2.44 bits per heavy atom. The summed E-state index contributed by atoms with van der Waals surface area (Å²) in [5, 5.41) is 13.2. The van der Waals surface area contributed by atoms with Gasteiger partial charge in [-0.2, -0.15) is 13.2 Å². The maximum absolute atomic E-state index is 13.0. The first-order valence-electron chi connectivity index (χ1n) is 8.02. The molecule has 2 aromatic rings. The predicted octanol–water partition coefficient (Wildman–Crippen LogP) is 3.36. The van der Waals surface area contributed by atoms with Gasteiger partial charge in [-0.3, -0.25) is 4.79 Å². The lowest BCUT2D eigenvalue weighted by molar-refractivity contribution is -0.137. The van der Waals surface area contributed by atoms with Crippen LogP contribution in [0.25, 0.3) is 0 Å². The van der Waals surface area contributed by atoms with Gasteiger partial charge in [0, 0.05) is 13.0 Å². The van der Waals surface area contributed by atoms with E-state index in [0.29, 0.717) is 19.3 Å². The number of benzene rings is 2. The van der Waals surface area contributed by atoms with E-state index in [4.69, 9.17) is 0 Å². The van der Waals surface area contributed by atoms with Crippen molar-refractivity contribution in [2.45, 2.75) is 31.0 Å². The Morgan fingerprint density at radius 2 is 1.72 bits per heavy atom. The standard InChI is InChI=1S/C19H18F3NO2/c20-19(21,22)16-8-4-3-7-15(16)17(24)23-12-18(25)10-9-13-5-1-2-6-14(13)11-18/h1-8,25H,9-12H2,(H,23,24)/t18-/m0/s1. The predicted molar refractivity (Wildman–Crippen MR) is 87.2 cm³/mol. The van der Waals surface area contributed by atoms with Crippen LogP contribution >= 0.6 is 0 Å². The third-order valence-corrected chi connectivity index (χ3v) is 4.55. The van der Waals surface area contributed by atoms with Crippen LogP contribution in [-0.4, -0.2) is 23.2 Å². The SMILES string of the molecule is O=C(NC[C@]1(O)CCc2ccccc2C1)c1ccccc1C(F)(F)F. The Kier molecular flexibility index (Phi) is 4.56. The first-order chi connectivity index (χ1) is 11.8. The minimum atomic E-state index is -4.60. The van der Waals surface area contributed by atoms with Crippen molar-refractivity contribution in [2.75, 3.05) is 6.54 Å². The van der Waals surface area contributed by atoms with Crippen molar-refractivity contribution in [3.8, 4) is 0 Å². The zero-order valence-corrected chi connectivity index (χ0v) is 13.4. The molecule has 1 aliphatic carbocycles. The number of carbonyl (C=O) groups excluding carboxylic acids is 1. The summed E-state index contributed by atoms with van der Waals surface area (Å²) in [5.41, 5.74) is -0.414. The molecule has 0 spiro atoms. The van der Waals surface area contributed by atoms with E-state index in [0.717, 1.165) is 23.3 Å². The molecule has 3 nitrogen and oxygen atoms in total. The molecule has 1 aliphatic rings. The molecule has 6 heteroatoms. The van der Waals surface area contributed by atoms with Crippen LogP contribution in [0, 0.1) is 0 Å². The number of halogens is 3. The van der Waals surface area contributed by atoms with Gasteiger partial charge in [0.15, 0.2) is 0 Å². The van der Waals surface area contributed by atoms with Gasteiger partial charge in [0.2, 0.25) is 0 Å². The second-order valence-corrected chi connectivity index (χ2v) is 6.40. The number of carbonyl (C=O) groups is 1. The lowest BCUT2D eigenvalue weighted by Crippen LogP contribution is -2.47. The number of fused-ring (bicyclic) bond motifs is 1. The average Bonchev–Trinajstić information content (AvgIpc) is 2.59. The minimum Gasteiger partial charge on any atom is -0.388 e.